The molecule has 1 fully saturated rings. The number of ether oxygens (including phenoxy) is 1. The van der Waals surface area contributed by atoms with Gasteiger partial charge in [0.1, 0.15) is 11.0 Å². The van der Waals surface area contributed by atoms with Crippen LogP contribution in [0.2, 0.25) is 0 Å². The maximum absolute atomic E-state index is 12.9. The van der Waals surface area contributed by atoms with E-state index in [1.165, 1.54) is 24.1 Å². The van der Waals surface area contributed by atoms with Gasteiger partial charge in [0.15, 0.2) is 5.17 Å². The monoisotopic (exact) mass is 451 g/mol. The number of thioether (sulfide) groups is 1. The highest BCUT2D eigenvalue weighted by Crippen LogP contribution is 2.33. The van der Waals surface area contributed by atoms with Crippen molar-refractivity contribution in [3.05, 3.63) is 54.1 Å². The summed E-state index contributed by atoms with van der Waals surface area (Å²) in [5.41, 5.74) is -0.254. The molecule has 10 heteroatoms. The van der Waals surface area contributed by atoms with Crippen molar-refractivity contribution in [3.8, 4) is 5.75 Å². The van der Waals surface area contributed by atoms with Crippen LogP contribution in [-0.4, -0.2) is 40.8 Å². The van der Waals surface area contributed by atoms with Crippen LogP contribution in [0.1, 0.15) is 18.9 Å². The molecule has 1 aliphatic rings. The van der Waals surface area contributed by atoms with E-state index >= 15 is 0 Å². The molecule has 1 aliphatic heterocycles. The molecule has 31 heavy (non-hydrogen) atoms. The minimum atomic E-state index is -4.50. The lowest BCUT2D eigenvalue weighted by Crippen LogP contribution is -2.43. The second kappa shape index (κ2) is 9.42. The molecule has 6 nitrogen and oxygen atoms in total. The molecule has 0 saturated carbocycles. The van der Waals surface area contributed by atoms with E-state index in [2.05, 4.69) is 10.3 Å². The predicted molar refractivity (Wildman–Crippen MR) is 114 cm³/mol. The number of carbonyl (C=O) groups excluding carboxylic acids is 2. The molecule has 1 atom stereocenters. The normalized spacial score (nSPS) is 18.2. The number of benzene rings is 2. The molecule has 2 amide bonds. The summed E-state index contributed by atoms with van der Waals surface area (Å²) in [6.45, 7) is 2.39. The van der Waals surface area contributed by atoms with Gasteiger partial charge in [-0.15, -0.1) is 0 Å². The Hall–Kier alpha value is -3.01. The quantitative estimate of drug-likeness (QED) is 0.716. The van der Waals surface area contributed by atoms with Gasteiger partial charge in [0.05, 0.1) is 17.9 Å². The summed E-state index contributed by atoms with van der Waals surface area (Å²) < 4.78 is 44.2. The average Bonchev–Trinajstić information content (AvgIpc) is 2.72. The molecule has 0 spiro atoms. The van der Waals surface area contributed by atoms with E-state index in [9.17, 15) is 22.8 Å². The number of halogens is 3. The zero-order valence-electron chi connectivity index (χ0n) is 16.8. The summed E-state index contributed by atoms with van der Waals surface area (Å²) in [6, 6.07) is 11.3. The molecule has 3 rings (SSSR count). The lowest BCUT2D eigenvalue weighted by Gasteiger charge is -2.28. The number of nitrogens with one attached hydrogen (secondary N) is 1. The van der Waals surface area contributed by atoms with Crippen molar-refractivity contribution in [2.45, 2.75) is 24.8 Å². The Labute approximate surface area is 181 Å². The lowest BCUT2D eigenvalue weighted by molar-refractivity contribution is -0.137. The molecule has 0 aliphatic carbocycles. The lowest BCUT2D eigenvalue weighted by atomic mass is 10.2. The first kappa shape index (κ1) is 22.7. The molecular weight excluding hydrogens is 431 g/mol. The van der Waals surface area contributed by atoms with Gasteiger partial charge in [0.2, 0.25) is 11.8 Å². The molecule has 2 aromatic carbocycles. The number of nitrogens with zero attached hydrogens (tertiary/aromatic N) is 2. The van der Waals surface area contributed by atoms with E-state index in [-0.39, 0.29) is 23.2 Å². The summed E-state index contributed by atoms with van der Waals surface area (Å²) in [5.74, 6) is -0.0801. The fourth-order valence-corrected chi connectivity index (χ4v) is 3.85. The SMILES string of the molecule is CCOc1ccc(NC(=O)C2CC(=O)N(C)C(=Nc3cccc(C(F)(F)F)c3)S2)cc1. The molecule has 2 aromatic rings. The van der Waals surface area contributed by atoms with E-state index in [0.29, 0.717) is 18.0 Å². The highest BCUT2D eigenvalue weighted by atomic mass is 32.2. The maximum atomic E-state index is 12.9. The van der Waals surface area contributed by atoms with E-state index in [1.807, 2.05) is 6.92 Å². The van der Waals surface area contributed by atoms with Crippen LogP contribution in [0.25, 0.3) is 0 Å². The van der Waals surface area contributed by atoms with Crippen molar-refractivity contribution in [1.82, 2.24) is 4.90 Å². The standard InChI is InChI=1S/C21H20F3N3O3S/c1-3-30-16-9-7-14(8-10-16)25-19(29)17-12-18(28)27(2)20(31-17)26-15-6-4-5-13(11-15)21(22,23)24/h4-11,17H,3,12H2,1-2H3,(H,25,29). The molecule has 0 bridgehead atoms. The average molecular weight is 451 g/mol. The summed E-state index contributed by atoms with van der Waals surface area (Å²) in [5, 5.41) is 2.13. The molecular formula is C21H20F3N3O3S. The Kier molecular flexibility index (Phi) is 6.89. The molecule has 0 aromatic heterocycles. The van der Waals surface area contributed by atoms with E-state index in [1.54, 1.807) is 24.3 Å². The number of carbonyl (C=O) groups is 2. The fourth-order valence-electron chi connectivity index (χ4n) is 2.78. The van der Waals surface area contributed by atoms with E-state index in [0.717, 1.165) is 23.9 Å². The predicted octanol–water partition coefficient (Wildman–Crippen LogP) is 4.69. The molecule has 1 N–H and O–H groups in total. The Morgan fingerprint density at radius 1 is 1.26 bits per heavy atom. The minimum Gasteiger partial charge on any atom is -0.494 e. The van der Waals surface area contributed by atoms with Gasteiger partial charge in [0, 0.05) is 19.2 Å². The summed E-state index contributed by atoms with van der Waals surface area (Å²) in [4.78, 5) is 30.5. The third-order valence-electron chi connectivity index (χ3n) is 4.39. The summed E-state index contributed by atoms with van der Waals surface area (Å²) in [6.07, 6.45) is -4.55. The highest BCUT2D eigenvalue weighted by molar-refractivity contribution is 8.15. The number of anilines is 1. The van der Waals surface area contributed by atoms with Gasteiger partial charge in [-0.05, 0) is 49.4 Å². The third kappa shape index (κ3) is 5.78. The van der Waals surface area contributed by atoms with Crippen LogP contribution >= 0.6 is 11.8 Å². The molecule has 1 heterocycles. The van der Waals surface area contributed by atoms with Crippen LogP contribution in [0.4, 0.5) is 24.5 Å². The zero-order valence-corrected chi connectivity index (χ0v) is 17.6. The molecule has 1 unspecified atom stereocenters. The van der Waals surface area contributed by atoms with Crippen molar-refractivity contribution in [2.24, 2.45) is 4.99 Å². The van der Waals surface area contributed by atoms with Crippen LogP contribution in [0.15, 0.2) is 53.5 Å². The van der Waals surface area contributed by atoms with Gasteiger partial charge in [-0.1, -0.05) is 17.8 Å². The number of rotatable bonds is 5. The first-order valence-electron chi connectivity index (χ1n) is 9.40. The number of alkyl halides is 3. The van der Waals surface area contributed by atoms with Crippen molar-refractivity contribution in [2.75, 3.05) is 19.0 Å². The van der Waals surface area contributed by atoms with Gasteiger partial charge in [-0.2, -0.15) is 13.2 Å². The molecule has 164 valence electrons. The van der Waals surface area contributed by atoms with Gasteiger partial charge in [-0.25, -0.2) is 4.99 Å². The smallest absolute Gasteiger partial charge is 0.416 e. The zero-order chi connectivity index (χ0) is 22.6. The maximum Gasteiger partial charge on any atom is 0.416 e. The van der Waals surface area contributed by atoms with Crippen molar-refractivity contribution in [1.29, 1.82) is 0 Å². The number of amides is 2. The van der Waals surface area contributed by atoms with Crippen LogP contribution in [-0.2, 0) is 15.8 Å². The van der Waals surface area contributed by atoms with Crippen LogP contribution in [0, 0.1) is 0 Å². The van der Waals surface area contributed by atoms with E-state index < -0.39 is 22.9 Å². The Morgan fingerprint density at radius 2 is 1.97 bits per heavy atom. The largest absolute Gasteiger partial charge is 0.494 e. The summed E-state index contributed by atoms with van der Waals surface area (Å²) in [7, 11) is 1.47. The topological polar surface area (TPSA) is 71.0 Å². The first-order valence-corrected chi connectivity index (χ1v) is 10.3. The highest BCUT2D eigenvalue weighted by Gasteiger charge is 2.34. The number of amidine groups is 1. The van der Waals surface area contributed by atoms with Crippen LogP contribution in [0.3, 0.4) is 0 Å². The molecule has 1 saturated heterocycles. The number of hydrogen-bond donors (Lipinski definition) is 1. The Balaban J connectivity index is 1.76. The minimum absolute atomic E-state index is 0.0459. The second-order valence-corrected chi connectivity index (χ2v) is 7.82. The van der Waals surface area contributed by atoms with E-state index in [4.69, 9.17) is 4.74 Å². The van der Waals surface area contributed by atoms with Crippen molar-refractivity contribution >= 4 is 40.1 Å². The third-order valence-corrected chi connectivity index (χ3v) is 5.63. The van der Waals surface area contributed by atoms with Gasteiger partial charge in [0.25, 0.3) is 0 Å². The second-order valence-electron chi connectivity index (χ2n) is 6.65. The Bertz CT molecular complexity index is 993. The van der Waals surface area contributed by atoms with Gasteiger partial charge in [-0.3, -0.25) is 14.5 Å². The molecule has 0 radical (unpaired) electrons. The van der Waals surface area contributed by atoms with Crippen molar-refractivity contribution < 1.29 is 27.5 Å². The number of aliphatic imine (C=N–C) groups is 1. The fraction of sp³-hybridized carbons (Fsp3) is 0.286. The van der Waals surface area contributed by atoms with Gasteiger partial charge >= 0.3 is 6.18 Å². The number of hydrogen-bond acceptors (Lipinski definition) is 5. The first-order chi connectivity index (χ1) is 14.7. The van der Waals surface area contributed by atoms with Crippen molar-refractivity contribution in [3.63, 3.8) is 0 Å². The Morgan fingerprint density at radius 3 is 2.61 bits per heavy atom. The van der Waals surface area contributed by atoms with Gasteiger partial charge < -0.3 is 10.1 Å². The van der Waals surface area contributed by atoms with Crippen LogP contribution < -0.4 is 10.1 Å². The summed E-state index contributed by atoms with van der Waals surface area (Å²) >= 11 is 1.03. The van der Waals surface area contributed by atoms with Crippen LogP contribution in [0.5, 0.6) is 5.75 Å².